The lowest BCUT2D eigenvalue weighted by Gasteiger charge is -2.19. The zero-order valence-electron chi connectivity index (χ0n) is 13.6. The normalized spacial score (nSPS) is 12.5. The van der Waals surface area contributed by atoms with Gasteiger partial charge in [0.15, 0.2) is 0 Å². The first kappa shape index (κ1) is 14.6. The zero-order chi connectivity index (χ0) is 15.7. The smallest absolute Gasteiger partial charge is 0.0921 e. The summed E-state index contributed by atoms with van der Waals surface area (Å²) in [6, 6.07) is 8.68. The summed E-state index contributed by atoms with van der Waals surface area (Å²) < 4.78 is 1.98. The van der Waals surface area contributed by atoms with Crippen LogP contribution < -0.4 is 0 Å². The van der Waals surface area contributed by atoms with Gasteiger partial charge in [0.05, 0.1) is 12.0 Å². The van der Waals surface area contributed by atoms with E-state index in [1.807, 2.05) is 24.9 Å². The molecule has 0 aliphatic carbocycles. The van der Waals surface area contributed by atoms with Crippen molar-refractivity contribution in [2.45, 2.75) is 33.1 Å². The average molecular weight is 294 g/mol. The van der Waals surface area contributed by atoms with Crippen molar-refractivity contribution in [3.8, 4) is 0 Å². The molecule has 0 bridgehead atoms. The van der Waals surface area contributed by atoms with Crippen molar-refractivity contribution in [3.63, 3.8) is 0 Å². The second-order valence-electron chi connectivity index (χ2n) is 5.95. The molecule has 2 heterocycles. The minimum absolute atomic E-state index is 0.261. The van der Waals surface area contributed by atoms with Crippen LogP contribution in [0.5, 0.6) is 0 Å². The number of H-pyrrole nitrogens is 1. The van der Waals surface area contributed by atoms with Crippen molar-refractivity contribution in [2.24, 2.45) is 7.05 Å². The molecule has 0 spiro atoms. The van der Waals surface area contributed by atoms with Gasteiger partial charge in [-0.3, -0.25) is 4.68 Å². The number of nitrogens with one attached hydrogen (secondary N) is 1. The lowest BCUT2D eigenvalue weighted by Crippen LogP contribution is -2.11. The third kappa shape index (κ3) is 2.69. The van der Waals surface area contributed by atoms with Gasteiger partial charge in [-0.15, -0.1) is 0 Å². The van der Waals surface area contributed by atoms with Gasteiger partial charge in [-0.1, -0.05) is 18.2 Å². The molecule has 0 amide bonds. The summed E-state index contributed by atoms with van der Waals surface area (Å²) in [5.74, 6) is 0.261. The SMILES string of the molecule is Cc1cc(C[C@H](c2cnc[nH]2)c2cccc(C)c2C)n(C)n1. The summed E-state index contributed by atoms with van der Waals surface area (Å²) in [5, 5.41) is 4.47. The Kier molecular flexibility index (Phi) is 3.84. The molecule has 22 heavy (non-hydrogen) atoms. The summed E-state index contributed by atoms with van der Waals surface area (Å²) in [6.07, 6.45) is 4.58. The number of aryl methyl sites for hydroxylation is 3. The van der Waals surface area contributed by atoms with Crippen LogP contribution in [0.4, 0.5) is 0 Å². The van der Waals surface area contributed by atoms with Crippen molar-refractivity contribution in [1.82, 2.24) is 19.7 Å². The quantitative estimate of drug-likeness (QED) is 0.801. The molecule has 1 N–H and O–H groups in total. The number of nitrogens with zero attached hydrogens (tertiary/aromatic N) is 3. The van der Waals surface area contributed by atoms with E-state index in [1.165, 1.54) is 22.4 Å². The van der Waals surface area contributed by atoms with E-state index in [0.29, 0.717) is 0 Å². The highest BCUT2D eigenvalue weighted by Gasteiger charge is 2.20. The van der Waals surface area contributed by atoms with Gasteiger partial charge in [0.25, 0.3) is 0 Å². The molecule has 3 aromatic rings. The molecule has 0 aliphatic heterocycles. The van der Waals surface area contributed by atoms with Gasteiger partial charge in [-0.05, 0) is 43.5 Å². The van der Waals surface area contributed by atoms with Gasteiger partial charge >= 0.3 is 0 Å². The van der Waals surface area contributed by atoms with Crippen LogP contribution in [0.3, 0.4) is 0 Å². The Morgan fingerprint density at radius 2 is 2.05 bits per heavy atom. The Morgan fingerprint density at radius 1 is 1.23 bits per heavy atom. The van der Waals surface area contributed by atoms with E-state index in [-0.39, 0.29) is 5.92 Å². The summed E-state index contributed by atoms with van der Waals surface area (Å²) in [4.78, 5) is 7.50. The fourth-order valence-electron chi connectivity index (χ4n) is 3.06. The Labute approximate surface area is 131 Å². The van der Waals surface area contributed by atoms with E-state index in [2.05, 4.69) is 53.2 Å². The number of aromatic nitrogens is 4. The van der Waals surface area contributed by atoms with Crippen LogP contribution in [-0.4, -0.2) is 19.7 Å². The van der Waals surface area contributed by atoms with Crippen LogP contribution in [0, 0.1) is 20.8 Å². The highest BCUT2D eigenvalue weighted by molar-refractivity contribution is 5.40. The topological polar surface area (TPSA) is 46.5 Å². The van der Waals surface area contributed by atoms with E-state index in [1.54, 1.807) is 6.33 Å². The zero-order valence-corrected chi connectivity index (χ0v) is 13.6. The van der Waals surface area contributed by atoms with Crippen molar-refractivity contribution in [2.75, 3.05) is 0 Å². The predicted molar refractivity (Wildman–Crippen MR) is 88.0 cm³/mol. The minimum Gasteiger partial charge on any atom is -0.348 e. The number of rotatable bonds is 4. The number of hydrogen-bond donors (Lipinski definition) is 1. The maximum absolute atomic E-state index is 4.47. The van der Waals surface area contributed by atoms with Crippen molar-refractivity contribution in [1.29, 1.82) is 0 Å². The maximum Gasteiger partial charge on any atom is 0.0921 e. The molecule has 0 unspecified atom stereocenters. The molecule has 4 nitrogen and oxygen atoms in total. The van der Waals surface area contributed by atoms with Gasteiger partial charge in [-0.25, -0.2) is 4.98 Å². The molecule has 3 rings (SSSR count). The fraction of sp³-hybridized carbons (Fsp3) is 0.333. The summed E-state index contributed by atoms with van der Waals surface area (Å²) in [6.45, 7) is 6.40. The summed E-state index contributed by atoms with van der Waals surface area (Å²) in [5.41, 5.74) is 7.46. The molecule has 0 saturated heterocycles. The van der Waals surface area contributed by atoms with Crippen LogP contribution in [0.2, 0.25) is 0 Å². The Balaban J connectivity index is 2.05. The first-order valence-corrected chi connectivity index (χ1v) is 7.60. The second kappa shape index (κ2) is 5.79. The average Bonchev–Trinajstić information content (AvgIpc) is 3.10. The van der Waals surface area contributed by atoms with Crippen LogP contribution in [-0.2, 0) is 13.5 Å². The van der Waals surface area contributed by atoms with Crippen LogP contribution in [0.25, 0.3) is 0 Å². The molecule has 1 aromatic carbocycles. The van der Waals surface area contributed by atoms with Gasteiger partial charge in [0, 0.05) is 37.0 Å². The van der Waals surface area contributed by atoms with E-state index in [4.69, 9.17) is 0 Å². The molecule has 0 aliphatic rings. The number of hydrogen-bond acceptors (Lipinski definition) is 2. The first-order valence-electron chi connectivity index (χ1n) is 7.60. The molecular weight excluding hydrogens is 272 g/mol. The minimum atomic E-state index is 0.261. The van der Waals surface area contributed by atoms with Gasteiger partial charge in [-0.2, -0.15) is 5.10 Å². The Bertz CT molecular complexity index is 768. The number of benzene rings is 1. The predicted octanol–water partition coefficient (Wildman–Crippen LogP) is 3.44. The molecule has 4 heteroatoms. The second-order valence-corrected chi connectivity index (χ2v) is 5.95. The largest absolute Gasteiger partial charge is 0.348 e. The molecule has 0 saturated carbocycles. The van der Waals surface area contributed by atoms with E-state index >= 15 is 0 Å². The Hall–Kier alpha value is -2.36. The molecule has 114 valence electrons. The van der Waals surface area contributed by atoms with Gasteiger partial charge in [0.2, 0.25) is 0 Å². The Morgan fingerprint density at radius 3 is 2.68 bits per heavy atom. The van der Waals surface area contributed by atoms with Crippen molar-refractivity contribution < 1.29 is 0 Å². The lowest BCUT2D eigenvalue weighted by molar-refractivity contribution is 0.662. The van der Waals surface area contributed by atoms with Gasteiger partial charge in [0.1, 0.15) is 0 Å². The van der Waals surface area contributed by atoms with Crippen molar-refractivity contribution >= 4 is 0 Å². The standard InChI is InChI=1S/C18H22N4/c1-12-6-5-7-16(14(12)3)17(18-10-19-11-20-18)9-15-8-13(2)21-22(15)4/h5-8,10-11,17H,9H2,1-4H3,(H,19,20)/t17-/m0/s1. The highest BCUT2D eigenvalue weighted by atomic mass is 15.3. The lowest BCUT2D eigenvalue weighted by atomic mass is 9.87. The monoisotopic (exact) mass is 294 g/mol. The number of imidazole rings is 1. The number of aromatic amines is 1. The molecule has 2 aromatic heterocycles. The van der Waals surface area contributed by atoms with Gasteiger partial charge < -0.3 is 4.98 Å². The third-order valence-corrected chi connectivity index (χ3v) is 4.43. The highest BCUT2D eigenvalue weighted by Crippen LogP contribution is 2.30. The van der Waals surface area contributed by atoms with Crippen molar-refractivity contribution in [3.05, 3.63) is 70.6 Å². The molecule has 1 atom stereocenters. The van der Waals surface area contributed by atoms with E-state index in [9.17, 15) is 0 Å². The van der Waals surface area contributed by atoms with Crippen LogP contribution in [0.15, 0.2) is 36.8 Å². The molecule has 0 radical (unpaired) electrons. The maximum atomic E-state index is 4.47. The molecular formula is C18H22N4. The van der Waals surface area contributed by atoms with E-state index < -0.39 is 0 Å². The molecule has 0 fully saturated rings. The summed E-state index contributed by atoms with van der Waals surface area (Å²) in [7, 11) is 2.01. The van der Waals surface area contributed by atoms with Crippen LogP contribution in [0.1, 0.15) is 39.7 Å². The van der Waals surface area contributed by atoms with Crippen LogP contribution >= 0.6 is 0 Å². The third-order valence-electron chi connectivity index (χ3n) is 4.43. The summed E-state index contributed by atoms with van der Waals surface area (Å²) >= 11 is 0. The fourth-order valence-corrected chi connectivity index (χ4v) is 3.06. The first-order chi connectivity index (χ1) is 10.6. The van der Waals surface area contributed by atoms with E-state index in [0.717, 1.165) is 17.8 Å².